The topological polar surface area (TPSA) is 101 Å². The molecule has 0 aliphatic carbocycles. The van der Waals surface area contributed by atoms with Crippen molar-refractivity contribution in [3.63, 3.8) is 0 Å². The minimum atomic E-state index is -3.91. The Morgan fingerprint density at radius 2 is 1.70 bits per heavy atom. The highest BCUT2D eigenvalue weighted by molar-refractivity contribution is 7.89. The van der Waals surface area contributed by atoms with E-state index in [1.165, 1.54) is 12.5 Å². The van der Waals surface area contributed by atoms with Crippen molar-refractivity contribution in [3.05, 3.63) is 59.4 Å². The summed E-state index contributed by atoms with van der Waals surface area (Å²) >= 11 is 0. The summed E-state index contributed by atoms with van der Waals surface area (Å²) in [6.45, 7) is 5.36. The molecule has 2 rings (SSSR count). The average molecular weight is 393 g/mol. The lowest BCUT2D eigenvalue weighted by Gasteiger charge is -2.15. The average Bonchev–Trinajstić information content (AvgIpc) is 2.61. The molecule has 0 saturated heterocycles. The minimum absolute atomic E-state index is 0.0177. The van der Waals surface area contributed by atoms with Crippen LogP contribution < -0.4 is 15.8 Å². The van der Waals surface area contributed by atoms with Gasteiger partial charge in [0.1, 0.15) is 5.82 Å². The number of benzene rings is 2. The highest BCUT2D eigenvalue weighted by Crippen LogP contribution is 2.21. The Morgan fingerprint density at radius 3 is 2.26 bits per heavy atom. The number of hydrogen-bond donors (Lipinski definition) is 3. The van der Waals surface area contributed by atoms with Gasteiger partial charge in [-0.25, -0.2) is 17.5 Å². The summed E-state index contributed by atoms with van der Waals surface area (Å²) in [6.07, 6.45) is 0. The molecule has 1 unspecified atom stereocenters. The monoisotopic (exact) mass is 393 g/mol. The van der Waals surface area contributed by atoms with Gasteiger partial charge in [0.2, 0.25) is 15.9 Å². The highest BCUT2D eigenvalue weighted by Gasteiger charge is 2.18. The van der Waals surface area contributed by atoms with Crippen molar-refractivity contribution in [1.29, 1.82) is 0 Å². The van der Waals surface area contributed by atoms with Gasteiger partial charge in [-0.15, -0.1) is 0 Å². The molecule has 0 bridgehead atoms. The van der Waals surface area contributed by atoms with Crippen molar-refractivity contribution in [2.75, 3.05) is 11.9 Å². The van der Waals surface area contributed by atoms with Crippen molar-refractivity contribution in [3.8, 4) is 0 Å². The number of halogens is 1. The standard InChI is InChI=1S/C19H24FN3O3S/c1-12(2)14-4-6-15(7-5-14)18(21)11-22-27(25,26)16-8-9-17(20)19(10-16)23-13(3)24/h4-10,12,18,22H,11,21H2,1-3H3,(H,23,24). The Labute approximate surface area is 159 Å². The lowest BCUT2D eigenvalue weighted by atomic mass is 9.99. The van der Waals surface area contributed by atoms with E-state index in [0.29, 0.717) is 5.92 Å². The fourth-order valence-electron chi connectivity index (χ4n) is 2.49. The molecule has 0 radical (unpaired) electrons. The quantitative estimate of drug-likeness (QED) is 0.673. The second-order valence-electron chi connectivity index (χ2n) is 6.60. The maximum atomic E-state index is 13.7. The van der Waals surface area contributed by atoms with Crippen molar-refractivity contribution in [1.82, 2.24) is 4.72 Å². The van der Waals surface area contributed by atoms with Crippen LogP contribution in [0.1, 0.15) is 43.9 Å². The number of hydrogen-bond acceptors (Lipinski definition) is 4. The smallest absolute Gasteiger partial charge is 0.240 e. The van der Waals surface area contributed by atoms with E-state index in [1.807, 2.05) is 24.3 Å². The van der Waals surface area contributed by atoms with Crippen LogP contribution >= 0.6 is 0 Å². The van der Waals surface area contributed by atoms with Gasteiger partial charge in [-0.3, -0.25) is 4.79 Å². The Balaban J connectivity index is 2.11. The van der Waals surface area contributed by atoms with E-state index in [4.69, 9.17) is 5.73 Å². The van der Waals surface area contributed by atoms with Crippen LogP contribution in [0, 0.1) is 5.82 Å². The van der Waals surface area contributed by atoms with Gasteiger partial charge in [-0.2, -0.15) is 0 Å². The summed E-state index contributed by atoms with van der Waals surface area (Å²) in [6, 6.07) is 10.3. The molecule has 0 aliphatic heterocycles. The van der Waals surface area contributed by atoms with Crippen molar-refractivity contribution in [2.45, 2.75) is 37.6 Å². The number of amides is 1. The highest BCUT2D eigenvalue weighted by atomic mass is 32.2. The Morgan fingerprint density at radius 1 is 1.11 bits per heavy atom. The molecule has 6 nitrogen and oxygen atoms in total. The number of nitrogens with one attached hydrogen (secondary N) is 2. The molecule has 27 heavy (non-hydrogen) atoms. The molecule has 0 aromatic heterocycles. The number of sulfonamides is 1. The predicted octanol–water partition coefficient (Wildman–Crippen LogP) is 2.89. The summed E-state index contributed by atoms with van der Waals surface area (Å²) < 4.78 is 41.0. The first kappa shape index (κ1) is 21.0. The van der Waals surface area contributed by atoms with E-state index in [-0.39, 0.29) is 17.1 Å². The summed E-state index contributed by atoms with van der Waals surface area (Å²) in [7, 11) is -3.91. The number of rotatable bonds is 7. The number of nitrogens with two attached hydrogens (primary N) is 1. The lowest BCUT2D eigenvalue weighted by Crippen LogP contribution is -2.32. The van der Waals surface area contributed by atoms with Crippen LogP contribution in [0.15, 0.2) is 47.4 Å². The van der Waals surface area contributed by atoms with E-state index < -0.39 is 27.8 Å². The first-order valence-corrected chi connectivity index (χ1v) is 10.0. The Hall–Kier alpha value is -2.29. The third-order valence-corrected chi connectivity index (χ3v) is 5.50. The summed E-state index contributed by atoms with van der Waals surface area (Å²) in [5.41, 5.74) is 7.86. The molecule has 0 aliphatic rings. The maximum Gasteiger partial charge on any atom is 0.240 e. The van der Waals surface area contributed by atoms with Crippen LogP contribution in [0.5, 0.6) is 0 Å². The number of carbonyl (C=O) groups excluding carboxylic acids is 1. The molecule has 0 fully saturated rings. The lowest BCUT2D eigenvalue weighted by molar-refractivity contribution is -0.114. The largest absolute Gasteiger partial charge is 0.324 e. The molecular weight excluding hydrogens is 369 g/mol. The summed E-state index contributed by atoms with van der Waals surface area (Å²) in [5, 5.41) is 2.26. The molecule has 4 N–H and O–H groups in total. The van der Waals surface area contributed by atoms with Crippen LogP contribution in [0.4, 0.5) is 10.1 Å². The van der Waals surface area contributed by atoms with Crippen LogP contribution in [-0.2, 0) is 14.8 Å². The van der Waals surface area contributed by atoms with Crippen LogP contribution in [0.3, 0.4) is 0 Å². The zero-order valence-corrected chi connectivity index (χ0v) is 16.3. The van der Waals surface area contributed by atoms with Crippen molar-refractivity contribution in [2.24, 2.45) is 5.73 Å². The third kappa shape index (κ3) is 5.59. The van der Waals surface area contributed by atoms with Gasteiger partial charge in [0, 0.05) is 19.5 Å². The maximum absolute atomic E-state index is 13.7. The van der Waals surface area contributed by atoms with Crippen LogP contribution in [0.25, 0.3) is 0 Å². The van der Waals surface area contributed by atoms with E-state index in [2.05, 4.69) is 23.9 Å². The third-order valence-electron chi connectivity index (χ3n) is 4.08. The first-order valence-electron chi connectivity index (χ1n) is 8.52. The Kier molecular flexibility index (Phi) is 6.69. The Bertz CT molecular complexity index is 912. The normalized spacial score (nSPS) is 12.8. The van der Waals surface area contributed by atoms with Gasteiger partial charge < -0.3 is 11.1 Å². The molecule has 2 aromatic rings. The predicted molar refractivity (Wildman–Crippen MR) is 103 cm³/mol. The summed E-state index contributed by atoms with van der Waals surface area (Å²) in [5.74, 6) is -0.820. The molecule has 0 saturated carbocycles. The minimum Gasteiger partial charge on any atom is -0.324 e. The second kappa shape index (κ2) is 8.60. The van der Waals surface area contributed by atoms with Gasteiger partial charge in [0.25, 0.3) is 0 Å². The van der Waals surface area contributed by atoms with E-state index in [9.17, 15) is 17.6 Å². The molecule has 0 heterocycles. The molecule has 1 atom stereocenters. The van der Waals surface area contributed by atoms with E-state index in [1.54, 1.807) is 0 Å². The fraction of sp³-hybridized carbons (Fsp3) is 0.316. The molecule has 8 heteroatoms. The van der Waals surface area contributed by atoms with E-state index in [0.717, 1.165) is 23.8 Å². The zero-order valence-electron chi connectivity index (χ0n) is 15.5. The zero-order chi connectivity index (χ0) is 20.2. The second-order valence-corrected chi connectivity index (χ2v) is 8.37. The molecular formula is C19H24FN3O3S. The molecule has 2 aromatic carbocycles. The fourth-order valence-corrected chi connectivity index (χ4v) is 3.57. The summed E-state index contributed by atoms with van der Waals surface area (Å²) in [4.78, 5) is 10.9. The van der Waals surface area contributed by atoms with Crippen LogP contribution in [-0.4, -0.2) is 20.9 Å². The van der Waals surface area contributed by atoms with E-state index >= 15 is 0 Å². The van der Waals surface area contributed by atoms with Gasteiger partial charge >= 0.3 is 0 Å². The molecule has 0 spiro atoms. The van der Waals surface area contributed by atoms with Crippen molar-refractivity contribution < 1.29 is 17.6 Å². The first-order chi connectivity index (χ1) is 12.6. The molecule has 1 amide bonds. The van der Waals surface area contributed by atoms with Gasteiger partial charge in [-0.1, -0.05) is 38.1 Å². The number of anilines is 1. The van der Waals surface area contributed by atoms with Gasteiger partial charge in [-0.05, 0) is 35.2 Å². The van der Waals surface area contributed by atoms with Gasteiger partial charge in [0.05, 0.1) is 10.6 Å². The SMILES string of the molecule is CC(=O)Nc1cc(S(=O)(=O)NCC(N)c2ccc(C(C)C)cc2)ccc1F. The van der Waals surface area contributed by atoms with Crippen molar-refractivity contribution >= 4 is 21.6 Å². The number of carbonyl (C=O) groups is 1. The van der Waals surface area contributed by atoms with Crippen LogP contribution in [0.2, 0.25) is 0 Å². The van der Waals surface area contributed by atoms with Gasteiger partial charge in [0.15, 0.2) is 0 Å². The molecule has 146 valence electrons.